The van der Waals surface area contributed by atoms with Crippen LogP contribution < -0.4 is 16.6 Å². The van der Waals surface area contributed by atoms with Crippen molar-refractivity contribution < 1.29 is 14.6 Å². The van der Waals surface area contributed by atoms with E-state index in [1.807, 2.05) is 37.3 Å². The third kappa shape index (κ3) is 4.47. The zero-order chi connectivity index (χ0) is 21.8. The van der Waals surface area contributed by atoms with Crippen LogP contribution in [0.3, 0.4) is 0 Å². The number of aromatic nitrogens is 3. The number of hydrogen-bond acceptors (Lipinski definition) is 6. The Hall–Kier alpha value is -3.30. The molecule has 0 aliphatic rings. The van der Waals surface area contributed by atoms with Gasteiger partial charge in [0.2, 0.25) is 0 Å². The van der Waals surface area contributed by atoms with E-state index in [1.165, 1.54) is 30.9 Å². The van der Waals surface area contributed by atoms with Crippen LogP contribution in [-0.2, 0) is 18.8 Å². The molecule has 9 nitrogen and oxygen atoms in total. The molecule has 0 spiro atoms. The number of nitrogens with one attached hydrogen (secondary N) is 1. The second-order valence-electron chi connectivity index (χ2n) is 7.05. The van der Waals surface area contributed by atoms with E-state index in [0.29, 0.717) is 0 Å². The molecule has 2 aromatic heterocycles. The molecule has 0 aliphatic carbocycles. The summed E-state index contributed by atoms with van der Waals surface area (Å²) >= 11 is 0. The van der Waals surface area contributed by atoms with Gasteiger partial charge in [-0.05, 0) is 18.6 Å². The fourth-order valence-corrected chi connectivity index (χ4v) is 3.04. The zero-order valence-corrected chi connectivity index (χ0v) is 17.0. The van der Waals surface area contributed by atoms with Crippen molar-refractivity contribution in [3.63, 3.8) is 0 Å². The maximum Gasteiger partial charge on any atom is 0.332 e. The standard InChI is InChI=1S/C21H24N4O5/c1-13(14-7-5-4-6-8-14)30-12-16(26)11-23-19(27)15-9-17-18(22-10-15)24(2)21(29)25(3)20(17)28/h4-10,13,16,26H,11-12H2,1-3H3,(H,23,27). The van der Waals surface area contributed by atoms with Crippen molar-refractivity contribution in [2.45, 2.75) is 19.1 Å². The SMILES string of the molecule is CC(OCC(O)CNC(=O)c1cnc2c(c1)c(=O)n(C)c(=O)n2C)c1ccccc1. The molecule has 3 aromatic rings. The van der Waals surface area contributed by atoms with Crippen molar-refractivity contribution in [2.24, 2.45) is 14.1 Å². The topological polar surface area (TPSA) is 115 Å². The van der Waals surface area contributed by atoms with Gasteiger partial charge in [0.15, 0.2) is 0 Å². The van der Waals surface area contributed by atoms with Crippen LogP contribution in [-0.4, -0.2) is 44.4 Å². The average molecular weight is 412 g/mol. The lowest BCUT2D eigenvalue weighted by molar-refractivity contribution is -0.00171. The third-order valence-electron chi connectivity index (χ3n) is 4.86. The lowest BCUT2D eigenvalue weighted by Crippen LogP contribution is -2.38. The number of aliphatic hydroxyl groups is 1. The van der Waals surface area contributed by atoms with Gasteiger partial charge in [-0.15, -0.1) is 0 Å². The second kappa shape index (κ2) is 9.02. The molecule has 2 unspecified atom stereocenters. The fourth-order valence-electron chi connectivity index (χ4n) is 3.04. The van der Waals surface area contributed by atoms with E-state index >= 15 is 0 Å². The molecule has 0 bridgehead atoms. The second-order valence-corrected chi connectivity index (χ2v) is 7.05. The monoisotopic (exact) mass is 412 g/mol. The Kier molecular flexibility index (Phi) is 6.43. The van der Waals surface area contributed by atoms with E-state index in [4.69, 9.17) is 4.74 Å². The van der Waals surface area contributed by atoms with Gasteiger partial charge in [0, 0.05) is 26.8 Å². The summed E-state index contributed by atoms with van der Waals surface area (Å²) in [6.07, 6.45) is 0.197. The van der Waals surface area contributed by atoms with Gasteiger partial charge in [0.25, 0.3) is 11.5 Å². The summed E-state index contributed by atoms with van der Waals surface area (Å²) in [4.78, 5) is 40.8. The number of ether oxygens (including phenoxy) is 1. The average Bonchev–Trinajstić information content (AvgIpc) is 2.78. The van der Waals surface area contributed by atoms with Crippen LogP contribution in [0.4, 0.5) is 0 Å². The highest BCUT2D eigenvalue weighted by molar-refractivity contribution is 5.96. The highest BCUT2D eigenvalue weighted by Crippen LogP contribution is 2.16. The molecule has 2 N–H and O–H groups in total. The Bertz CT molecular complexity index is 1170. The first-order valence-electron chi connectivity index (χ1n) is 9.48. The molecule has 158 valence electrons. The highest BCUT2D eigenvalue weighted by atomic mass is 16.5. The van der Waals surface area contributed by atoms with Gasteiger partial charge in [-0.1, -0.05) is 30.3 Å². The van der Waals surface area contributed by atoms with E-state index in [0.717, 1.165) is 10.1 Å². The van der Waals surface area contributed by atoms with Crippen molar-refractivity contribution in [3.05, 3.63) is 74.6 Å². The number of nitrogens with zero attached hydrogens (tertiary/aromatic N) is 3. The van der Waals surface area contributed by atoms with Crippen molar-refractivity contribution in [1.29, 1.82) is 0 Å². The largest absolute Gasteiger partial charge is 0.389 e. The van der Waals surface area contributed by atoms with Crippen molar-refractivity contribution in [2.75, 3.05) is 13.2 Å². The van der Waals surface area contributed by atoms with E-state index in [1.54, 1.807) is 0 Å². The first-order valence-corrected chi connectivity index (χ1v) is 9.48. The van der Waals surface area contributed by atoms with Crippen molar-refractivity contribution in [1.82, 2.24) is 19.4 Å². The summed E-state index contributed by atoms with van der Waals surface area (Å²) in [5, 5.41) is 12.9. The van der Waals surface area contributed by atoms with Gasteiger partial charge < -0.3 is 15.2 Å². The molecule has 0 saturated heterocycles. The number of benzene rings is 1. The Morgan fingerprint density at radius 2 is 1.90 bits per heavy atom. The van der Waals surface area contributed by atoms with E-state index in [9.17, 15) is 19.5 Å². The molecule has 1 amide bonds. The molecular formula is C21H24N4O5. The smallest absolute Gasteiger partial charge is 0.332 e. The van der Waals surface area contributed by atoms with Crippen LogP contribution in [0.5, 0.6) is 0 Å². The normalized spacial score (nSPS) is 13.2. The quantitative estimate of drug-likeness (QED) is 0.584. The van der Waals surface area contributed by atoms with Crippen molar-refractivity contribution >= 4 is 16.9 Å². The first-order chi connectivity index (χ1) is 14.3. The Morgan fingerprint density at radius 1 is 1.20 bits per heavy atom. The molecule has 0 radical (unpaired) electrons. The fraction of sp³-hybridized carbons (Fsp3) is 0.333. The molecule has 2 atom stereocenters. The predicted octanol–water partition coefficient (Wildman–Crippen LogP) is 0.501. The molecule has 1 aromatic carbocycles. The van der Waals surface area contributed by atoms with Gasteiger partial charge in [-0.2, -0.15) is 0 Å². The Balaban J connectivity index is 1.62. The summed E-state index contributed by atoms with van der Waals surface area (Å²) in [7, 11) is 2.87. The van der Waals surface area contributed by atoms with E-state index < -0.39 is 23.3 Å². The number of carbonyl (C=O) groups is 1. The minimum Gasteiger partial charge on any atom is -0.389 e. The Labute approximate surface area is 172 Å². The Morgan fingerprint density at radius 3 is 2.60 bits per heavy atom. The number of hydrogen-bond donors (Lipinski definition) is 2. The van der Waals surface area contributed by atoms with Gasteiger partial charge in [-0.25, -0.2) is 9.78 Å². The number of rotatable bonds is 7. The predicted molar refractivity (Wildman–Crippen MR) is 111 cm³/mol. The van der Waals surface area contributed by atoms with Gasteiger partial charge in [-0.3, -0.25) is 18.7 Å². The molecule has 3 rings (SSSR count). The van der Waals surface area contributed by atoms with Crippen LogP contribution in [0, 0.1) is 0 Å². The number of pyridine rings is 1. The molecule has 0 saturated carbocycles. The first kappa shape index (κ1) is 21.4. The maximum atomic E-state index is 12.4. The lowest BCUT2D eigenvalue weighted by atomic mass is 10.1. The van der Waals surface area contributed by atoms with Gasteiger partial charge in [0.05, 0.1) is 29.8 Å². The summed E-state index contributed by atoms with van der Waals surface area (Å²) in [5.74, 6) is -0.490. The van der Waals surface area contributed by atoms with E-state index in [-0.39, 0.29) is 35.9 Å². The molecule has 0 fully saturated rings. The van der Waals surface area contributed by atoms with Gasteiger partial charge in [0.1, 0.15) is 5.65 Å². The zero-order valence-electron chi connectivity index (χ0n) is 17.0. The molecule has 30 heavy (non-hydrogen) atoms. The van der Waals surface area contributed by atoms with Crippen LogP contribution in [0.15, 0.2) is 52.2 Å². The summed E-state index contributed by atoms with van der Waals surface area (Å²) in [5.41, 5.74) is 0.322. The van der Waals surface area contributed by atoms with Crippen molar-refractivity contribution in [3.8, 4) is 0 Å². The third-order valence-corrected chi connectivity index (χ3v) is 4.86. The number of aryl methyl sites for hydroxylation is 1. The van der Waals surface area contributed by atoms with Gasteiger partial charge >= 0.3 is 5.69 Å². The lowest BCUT2D eigenvalue weighted by Gasteiger charge is -2.17. The summed E-state index contributed by atoms with van der Waals surface area (Å²) in [6, 6.07) is 11.0. The summed E-state index contributed by atoms with van der Waals surface area (Å²) in [6.45, 7) is 1.91. The number of amides is 1. The molecular weight excluding hydrogens is 388 g/mol. The minimum atomic E-state index is -0.901. The maximum absolute atomic E-state index is 12.4. The minimum absolute atomic E-state index is 0.0241. The molecule has 9 heteroatoms. The number of fused-ring (bicyclic) bond motifs is 1. The highest BCUT2D eigenvalue weighted by Gasteiger charge is 2.15. The summed E-state index contributed by atoms with van der Waals surface area (Å²) < 4.78 is 7.85. The number of carbonyl (C=O) groups excluding carboxylic acids is 1. The van der Waals surface area contributed by atoms with Crippen LogP contribution in [0.25, 0.3) is 11.0 Å². The van der Waals surface area contributed by atoms with Crippen LogP contribution >= 0.6 is 0 Å². The molecule has 0 aliphatic heterocycles. The van der Waals surface area contributed by atoms with E-state index in [2.05, 4.69) is 10.3 Å². The number of aliphatic hydroxyl groups excluding tert-OH is 1. The van der Waals surface area contributed by atoms with Crippen LogP contribution in [0.1, 0.15) is 28.9 Å². The molecule has 2 heterocycles. The van der Waals surface area contributed by atoms with Crippen LogP contribution in [0.2, 0.25) is 0 Å².